The second-order valence-electron chi connectivity index (χ2n) is 2.30. The van der Waals surface area contributed by atoms with Gasteiger partial charge in [-0.1, -0.05) is 0 Å². The van der Waals surface area contributed by atoms with Gasteiger partial charge in [0.05, 0.1) is 11.2 Å². The molecule has 1 aromatic rings. The van der Waals surface area contributed by atoms with Crippen LogP contribution in [0.2, 0.25) is 0 Å². The van der Waals surface area contributed by atoms with E-state index in [1.54, 1.807) is 11.3 Å². The van der Waals surface area contributed by atoms with E-state index in [-0.39, 0.29) is 0 Å². The van der Waals surface area contributed by atoms with Crippen molar-refractivity contribution in [2.24, 2.45) is 0 Å². The molecule has 0 fully saturated rings. The largest absolute Gasteiger partial charge is 0.312 e. The van der Waals surface area contributed by atoms with Crippen molar-refractivity contribution in [3.8, 4) is 0 Å². The van der Waals surface area contributed by atoms with E-state index in [2.05, 4.69) is 24.1 Å². The number of hydrogen-bond donors (Lipinski definition) is 1. The fourth-order valence-corrected chi connectivity index (χ4v) is 1.54. The van der Waals surface area contributed by atoms with Crippen LogP contribution in [0, 0.1) is 6.92 Å². The van der Waals surface area contributed by atoms with Gasteiger partial charge in [0.2, 0.25) is 0 Å². The van der Waals surface area contributed by atoms with Crippen LogP contribution in [0.4, 0.5) is 0 Å². The Kier molecular flexibility index (Phi) is 2.40. The first-order valence-corrected chi connectivity index (χ1v) is 4.21. The van der Waals surface area contributed by atoms with Crippen LogP contribution in [0.1, 0.15) is 23.5 Å². The third kappa shape index (κ3) is 1.36. The lowest BCUT2D eigenvalue weighted by molar-refractivity contribution is 0.633. The molecule has 1 rings (SSSR count). The van der Waals surface area contributed by atoms with Gasteiger partial charge in [-0.2, -0.15) is 0 Å². The Labute approximate surface area is 65.3 Å². The lowest BCUT2D eigenvalue weighted by atomic mass is 10.2. The highest BCUT2D eigenvalue weighted by Gasteiger charge is 2.07. The summed E-state index contributed by atoms with van der Waals surface area (Å²) < 4.78 is 0. The van der Waals surface area contributed by atoms with Gasteiger partial charge in [-0.15, -0.1) is 11.3 Å². The molecule has 1 atom stereocenters. The van der Waals surface area contributed by atoms with E-state index in [4.69, 9.17) is 0 Å². The van der Waals surface area contributed by atoms with E-state index < -0.39 is 0 Å². The lowest BCUT2D eigenvalue weighted by Crippen LogP contribution is -2.13. The minimum absolute atomic E-state index is 0.381. The summed E-state index contributed by atoms with van der Waals surface area (Å²) in [5, 5.41) is 3.15. The molecular formula is C7H12N2S. The first kappa shape index (κ1) is 7.69. The molecule has 3 heteroatoms. The van der Waals surface area contributed by atoms with E-state index in [1.165, 1.54) is 10.6 Å². The SMILES string of the molecule is CNC(C)c1ncsc1C. The molecule has 0 aliphatic rings. The average molecular weight is 156 g/mol. The summed E-state index contributed by atoms with van der Waals surface area (Å²) in [5.41, 5.74) is 3.06. The van der Waals surface area contributed by atoms with E-state index >= 15 is 0 Å². The van der Waals surface area contributed by atoms with E-state index in [1.807, 2.05) is 12.6 Å². The number of aromatic nitrogens is 1. The summed E-state index contributed by atoms with van der Waals surface area (Å²) in [6.45, 7) is 4.21. The van der Waals surface area contributed by atoms with Crippen molar-refractivity contribution in [1.29, 1.82) is 0 Å². The quantitative estimate of drug-likeness (QED) is 0.705. The van der Waals surface area contributed by atoms with Crippen LogP contribution in [-0.2, 0) is 0 Å². The van der Waals surface area contributed by atoms with E-state index in [0.717, 1.165) is 0 Å². The number of nitrogens with zero attached hydrogens (tertiary/aromatic N) is 1. The Morgan fingerprint density at radius 3 is 2.80 bits per heavy atom. The van der Waals surface area contributed by atoms with Crippen LogP contribution in [0.15, 0.2) is 5.51 Å². The van der Waals surface area contributed by atoms with Gasteiger partial charge >= 0.3 is 0 Å². The van der Waals surface area contributed by atoms with Gasteiger partial charge in [-0.05, 0) is 20.9 Å². The first-order chi connectivity index (χ1) is 4.75. The van der Waals surface area contributed by atoms with Crippen molar-refractivity contribution >= 4 is 11.3 Å². The van der Waals surface area contributed by atoms with Crippen LogP contribution in [0.5, 0.6) is 0 Å². The molecule has 1 heterocycles. The Morgan fingerprint density at radius 2 is 2.40 bits per heavy atom. The molecule has 0 spiro atoms. The zero-order chi connectivity index (χ0) is 7.56. The molecule has 0 bridgehead atoms. The highest BCUT2D eigenvalue weighted by atomic mass is 32.1. The maximum Gasteiger partial charge on any atom is 0.0798 e. The van der Waals surface area contributed by atoms with Gasteiger partial charge in [-0.25, -0.2) is 4.98 Å². The Morgan fingerprint density at radius 1 is 1.70 bits per heavy atom. The van der Waals surface area contributed by atoms with Gasteiger partial charge < -0.3 is 5.32 Å². The maximum atomic E-state index is 4.24. The average Bonchev–Trinajstić information content (AvgIpc) is 2.34. The van der Waals surface area contributed by atoms with Gasteiger partial charge in [0.15, 0.2) is 0 Å². The summed E-state index contributed by atoms with van der Waals surface area (Å²) >= 11 is 1.70. The van der Waals surface area contributed by atoms with Crippen LogP contribution in [0.3, 0.4) is 0 Å². The zero-order valence-electron chi connectivity index (χ0n) is 6.51. The predicted molar refractivity (Wildman–Crippen MR) is 44.3 cm³/mol. The zero-order valence-corrected chi connectivity index (χ0v) is 7.33. The molecule has 10 heavy (non-hydrogen) atoms. The third-order valence-electron chi connectivity index (χ3n) is 1.63. The second kappa shape index (κ2) is 3.12. The molecule has 0 aliphatic heterocycles. The molecule has 0 saturated carbocycles. The molecule has 1 N–H and O–H groups in total. The van der Waals surface area contributed by atoms with Gasteiger partial charge in [0, 0.05) is 10.9 Å². The van der Waals surface area contributed by atoms with Crippen molar-refractivity contribution in [3.63, 3.8) is 0 Å². The third-order valence-corrected chi connectivity index (χ3v) is 2.40. The topological polar surface area (TPSA) is 24.9 Å². The normalized spacial score (nSPS) is 13.5. The molecule has 2 nitrogen and oxygen atoms in total. The summed E-state index contributed by atoms with van der Waals surface area (Å²) in [6.07, 6.45) is 0. The lowest BCUT2D eigenvalue weighted by Gasteiger charge is -2.06. The number of thiazole rings is 1. The summed E-state index contributed by atoms with van der Waals surface area (Å²) in [6, 6.07) is 0.381. The minimum atomic E-state index is 0.381. The highest BCUT2D eigenvalue weighted by Crippen LogP contribution is 2.17. The summed E-state index contributed by atoms with van der Waals surface area (Å²) in [4.78, 5) is 5.55. The van der Waals surface area contributed by atoms with E-state index in [0.29, 0.717) is 6.04 Å². The van der Waals surface area contributed by atoms with Crippen LogP contribution in [-0.4, -0.2) is 12.0 Å². The van der Waals surface area contributed by atoms with Gasteiger partial charge in [0.25, 0.3) is 0 Å². The first-order valence-electron chi connectivity index (χ1n) is 3.33. The van der Waals surface area contributed by atoms with Crippen LogP contribution >= 0.6 is 11.3 Å². The van der Waals surface area contributed by atoms with Gasteiger partial charge in [0.1, 0.15) is 0 Å². The molecule has 1 unspecified atom stereocenters. The van der Waals surface area contributed by atoms with Crippen molar-refractivity contribution in [3.05, 3.63) is 16.1 Å². The fourth-order valence-electron chi connectivity index (χ4n) is 0.867. The fraction of sp³-hybridized carbons (Fsp3) is 0.571. The van der Waals surface area contributed by atoms with Crippen molar-refractivity contribution < 1.29 is 0 Å². The van der Waals surface area contributed by atoms with Crippen molar-refractivity contribution in [2.75, 3.05) is 7.05 Å². The Hall–Kier alpha value is -0.410. The number of nitrogens with one attached hydrogen (secondary N) is 1. The molecule has 1 aromatic heterocycles. The molecule has 56 valence electrons. The maximum absolute atomic E-state index is 4.24. The number of hydrogen-bond acceptors (Lipinski definition) is 3. The molecule has 0 aromatic carbocycles. The van der Waals surface area contributed by atoms with Crippen LogP contribution in [0.25, 0.3) is 0 Å². The highest BCUT2D eigenvalue weighted by molar-refractivity contribution is 7.09. The van der Waals surface area contributed by atoms with Gasteiger partial charge in [-0.3, -0.25) is 0 Å². The number of aryl methyl sites for hydroxylation is 1. The molecule has 0 radical (unpaired) electrons. The van der Waals surface area contributed by atoms with Crippen molar-refractivity contribution in [1.82, 2.24) is 10.3 Å². The van der Waals surface area contributed by atoms with Crippen LogP contribution < -0.4 is 5.32 Å². The summed E-state index contributed by atoms with van der Waals surface area (Å²) in [5.74, 6) is 0. The number of rotatable bonds is 2. The smallest absolute Gasteiger partial charge is 0.0798 e. The van der Waals surface area contributed by atoms with Crippen molar-refractivity contribution in [2.45, 2.75) is 19.9 Å². The molecular weight excluding hydrogens is 144 g/mol. The minimum Gasteiger partial charge on any atom is -0.312 e. The standard InChI is InChI=1S/C7H12N2S/c1-5(8-3)7-6(2)10-4-9-7/h4-5,8H,1-3H3. The molecule has 0 aliphatic carbocycles. The predicted octanol–water partition coefficient (Wildman–Crippen LogP) is 1.73. The molecule has 0 amide bonds. The monoisotopic (exact) mass is 156 g/mol. The Balaban J connectivity index is 2.82. The Bertz CT molecular complexity index is 207. The van der Waals surface area contributed by atoms with E-state index in [9.17, 15) is 0 Å². The molecule has 0 saturated heterocycles. The summed E-state index contributed by atoms with van der Waals surface area (Å²) in [7, 11) is 1.95. The second-order valence-corrected chi connectivity index (χ2v) is 3.36.